The van der Waals surface area contributed by atoms with Crippen LogP contribution < -0.4 is 5.32 Å². The quantitative estimate of drug-likeness (QED) is 0.657. The molecule has 1 fully saturated rings. The van der Waals surface area contributed by atoms with Gasteiger partial charge in [-0.25, -0.2) is 0 Å². The molecule has 0 spiro atoms. The van der Waals surface area contributed by atoms with Gasteiger partial charge in [-0.2, -0.15) is 0 Å². The van der Waals surface area contributed by atoms with Crippen LogP contribution in [-0.4, -0.2) is 6.54 Å². The van der Waals surface area contributed by atoms with Gasteiger partial charge in [-0.15, -0.1) is 0 Å². The first-order valence-corrected chi connectivity index (χ1v) is 5.78. The maximum atomic E-state index is 3.30. The molecule has 1 aliphatic carbocycles. The van der Waals surface area contributed by atoms with E-state index in [1.807, 2.05) is 0 Å². The van der Waals surface area contributed by atoms with Gasteiger partial charge in [0, 0.05) is 12.2 Å². The highest BCUT2D eigenvalue weighted by Gasteiger charge is 2.05. The molecule has 14 heavy (non-hydrogen) atoms. The molecule has 0 atom stereocenters. The van der Waals surface area contributed by atoms with E-state index in [1.165, 1.54) is 49.8 Å². The van der Waals surface area contributed by atoms with Crippen LogP contribution >= 0.6 is 0 Å². The molecule has 1 aromatic carbocycles. The van der Waals surface area contributed by atoms with Gasteiger partial charge in [-0.05, 0) is 18.1 Å². The monoisotopic (exact) mass is 189 g/mol. The molecule has 0 aromatic heterocycles. The molecule has 3 rings (SSSR count). The molecular formula is C13H19N. The van der Waals surface area contributed by atoms with Gasteiger partial charge in [-0.3, -0.25) is 0 Å². The van der Waals surface area contributed by atoms with Gasteiger partial charge in [0.05, 0.1) is 0 Å². The first-order valence-electron chi connectivity index (χ1n) is 5.78. The number of fused-ring (bicyclic) bond motifs is 1. The van der Waals surface area contributed by atoms with Gasteiger partial charge >= 0.3 is 0 Å². The maximum Gasteiger partial charge on any atom is 0.0373 e. The zero-order valence-corrected chi connectivity index (χ0v) is 8.76. The zero-order valence-electron chi connectivity index (χ0n) is 8.76. The predicted molar refractivity (Wildman–Crippen MR) is 61.7 cm³/mol. The minimum atomic E-state index is 1.11. The Hall–Kier alpha value is -0.980. The molecule has 1 N–H and O–H groups in total. The average Bonchev–Trinajstić information content (AvgIpc) is 2.92. The Morgan fingerprint density at radius 3 is 2.14 bits per heavy atom. The highest BCUT2D eigenvalue weighted by atomic mass is 14.9. The Labute approximate surface area is 86.5 Å². The van der Waals surface area contributed by atoms with Crippen molar-refractivity contribution in [1.82, 2.24) is 0 Å². The summed E-state index contributed by atoms with van der Waals surface area (Å²) in [7, 11) is 0. The minimum absolute atomic E-state index is 1.11. The van der Waals surface area contributed by atoms with Crippen LogP contribution in [0.4, 0.5) is 5.69 Å². The van der Waals surface area contributed by atoms with E-state index in [1.54, 1.807) is 0 Å². The second-order valence-electron chi connectivity index (χ2n) is 4.10. The molecule has 1 saturated carbocycles. The second kappa shape index (κ2) is 5.04. The Morgan fingerprint density at radius 1 is 0.857 bits per heavy atom. The summed E-state index contributed by atoms with van der Waals surface area (Å²) < 4.78 is 0. The Balaban J connectivity index is 0.000000128. The fourth-order valence-electron chi connectivity index (χ4n) is 2.13. The summed E-state index contributed by atoms with van der Waals surface area (Å²) >= 11 is 0. The third kappa shape index (κ3) is 2.50. The van der Waals surface area contributed by atoms with Crippen molar-refractivity contribution in [2.75, 3.05) is 11.9 Å². The van der Waals surface area contributed by atoms with Gasteiger partial charge in [0.25, 0.3) is 0 Å². The first kappa shape index (κ1) is 9.57. The molecular weight excluding hydrogens is 170 g/mol. The third-order valence-electron chi connectivity index (χ3n) is 2.98. The largest absolute Gasteiger partial charge is 0.384 e. The topological polar surface area (TPSA) is 12.0 Å². The van der Waals surface area contributed by atoms with Crippen molar-refractivity contribution in [1.29, 1.82) is 0 Å². The van der Waals surface area contributed by atoms with E-state index in [9.17, 15) is 0 Å². The van der Waals surface area contributed by atoms with Crippen LogP contribution in [0.25, 0.3) is 0 Å². The summed E-state index contributed by atoms with van der Waals surface area (Å²) in [4.78, 5) is 0. The summed E-state index contributed by atoms with van der Waals surface area (Å²) in [5.74, 6) is 0. The van der Waals surface area contributed by atoms with Crippen molar-refractivity contribution in [3.63, 3.8) is 0 Å². The number of hydrogen-bond acceptors (Lipinski definition) is 1. The Kier molecular flexibility index (Phi) is 3.44. The van der Waals surface area contributed by atoms with E-state index in [-0.39, 0.29) is 0 Å². The van der Waals surface area contributed by atoms with Crippen LogP contribution in [0.5, 0.6) is 0 Å². The minimum Gasteiger partial charge on any atom is -0.384 e. The first-order chi connectivity index (χ1) is 6.97. The van der Waals surface area contributed by atoms with Crippen LogP contribution in [0.1, 0.15) is 37.7 Å². The molecule has 1 heterocycles. The lowest BCUT2D eigenvalue weighted by molar-refractivity contribution is 0.886. The van der Waals surface area contributed by atoms with Gasteiger partial charge < -0.3 is 5.32 Å². The van der Waals surface area contributed by atoms with Crippen molar-refractivity contribution < 1.29 is 0 Å². The lowest BCUT2D eigenvalue weighted by atomic mass is 10.2. The SMILES string of the molecule is C1CCCC1.c1ccc2c(c1)CCN2. The number of hydrogen-bond donors (Lipinski definition) is 1. The summed E-state index contributed by atoms with van der Waals surface area (Å²) in [6, 6.07) is 8.46. The molecule has 0 saturated heterocycles. The Bertz CT molecular complexity index is 246. The molecule has 1 nitrogen and oxygen atoms in total. The van der Waals surface area contributed by atoms with Crippen molar-refractivity contribution in [2.24, 2.45) is 0 Å². The van der Waals surface area contributed by atoms with E-state index < -0.39 is 0 Å². The van der Waals surface area contributed by atoms with E-state index in [0.29, 0.717) is 0 Å². The number of anilines is 1. The molecule has 76 valence electrons. The van der Waals surface area contributed by atoms with Crippen LogP contribution in [0.3, 0.4) is 0 Å². The lowest BCUT2D eigenvalue weighted by Gasteiger charge is -1.94. The van der Waals surface area contributed by atoms with Crippen LogP contribution in [-0.2, 0) is 6.42 Å². The molecule has 1 aromatic rings. The van der Waals surface area contributed by atoms with Crippen LogP contribution in [0.15, 0.2) is 24.3 Å². The van der Waals surface area contributed by atoms with Crippen molar-refractivity contribution in [3.05, 3.63) is 29.8 Å². The van der Waals surface area contributed by atoms with Crippen molar-refractivity contribution in [3.8, 4) is 0 Å². The molecule has 2 aliphatic rings. The standard InChI is InChI=1S/C8H9N.C5H10/c1-2-4-8-7(3-1)5-6-9-8;1-2-4-5-3-1/h1-4,9H,5-6H2;1-5H2. The molecule has 0 unspecified atom stereocenters. The maximum absolute atomic E-state index is 3.30. The van der Waals surface area contributed by atoms with Crippen molar-refractivity contribution in [2.45, 2.75) is 38.5 Å². The van der Waals surface area contributed by atoms with Gasteiger partial charge in [0.15, 0.2) is 0 Å². The van der Waals surface area contributed by atoms with Gasteiger partial charge in [0.1, 0.15) is 0 Å². The predicted octanol–water partition coefficient (Wildman–Crippen LogP) is 3.61. The molecule has 0 radical (unpaired) electrons. The van der Waals surface area contributed by atoms with Crippen molar-refractivity contribution >= 4 is 5.69 Å². The molecule has 1 aliphatic heterocycles. The van der Waals surface area contributed by atoms with Gasteiger partial charge in [0.2, 0.25) is 0 Å². The molecule has 0 bridgehead atoms. The van der Waals surface area contributed by atoms with E-state index in [0.717, 1.165) is 6.54 Å². The van der Waals surface area contributed by atoms with Gasteiger partial charge in [-0.1, -0.05) is 50.3 Å². The third-order valence-corrected chi connectivity index (χ3v) is 2.98. The van der Waals surface area contributed by atoms with E-state index in [4.69, 9.17) is 0 Å². The summed E-state index contributed by atoms with van der Waals surface area (Å²) in [5, 5.41) is 3.30. The molecule has 0 amide bonds. The van der Waals surface area contributed by atoms with Crippen LogP contribution in [0.2, 0.25) is 0 Å². The summed E-state index contributed by atoms with van der Waals surface area (Å²) in [6.07, 6.45) is 8.69. The fraction of sp³-hybridized carbons (Fsp3) is 0.538. The molecule has 1 heteroatoms. The smallest absolute Gasteiger partial charge is 0.0373 e. The van der Waals surface area contributed by atoms with Crippen LogP contribution in [0, 0.1) is 0 Å². The second-order valence-corrected chi connectivity index (χ2v) is 4.10. The van der Waals surface area contributed by atoms with E-state index in [2.05, 4.69) is 29.6 Å². The van der Waals surface area contributed by atoms with E-state index >= 15 is 0 Å². The number of para-hydroxylation sites is 1. The lowest BCUT2D eigenvalue weighted by Crippen LogP contribution is -1.90. The summed E-state index contributed by atoms with van der Waals surface area (Å²) in [6.45, 7) is 1.11. The Morgan fingerprint density at radius 2 is 1.50 bits per heavy atom. The summed E-state index contributed by atoms with van der Waals surface area (Å²) in [5.41, 5.74) is 2.77. The highest BCUT2D eigenvalue weighted by Crippen LogP contribution is 2.19. The number of nitrogens with one attached hydrogen (secondary N) is 1. The zero-order chi connectivity index (χ0) is 9.64. The normalized spacial score (nSPS) is 18.0. The number of benzene rings is 1. The fourth-order valence-corrected chi connectivity index (χ4v) is 2.13. The average molecular weight is 189 g/mol. The number of rotatable bonds is 0. The highest BCUT2D eigenvalue weighted by molar-refractivity contribution is 5.54.